The van der Waals surface area contributed by atoms with E-state index < -0.39 is 0 Å². The summed E-state index contributed by atoms with van der Waals surface area (Å²) in [6.45, 7) is 1.10. The number of nitrogens with one attached hydrogen (secondary N) is 2. The van der Waals surface area contributed by atoms with Crippen molar-refractivity contribution in [1.82, 2.24) is 29.9 Å². The first-order valence-electron chi connectivity index (χ1n) is 11.9. The Morgan fingerprint density at radius 2 is 1.88 bits per heavy atom. The minimum absolute atomic E-state index is 0.489. The lowest BCUT2D eigenvalue weighted by Gasteiger charge is -2.33. The van der Waals surface area contributed by atoms with E-state index in [-0.39, 0.29) is 0 Å². The molecule has 2 aliphatic heterocycles. The molecule has 6 heteroatoms. The van der Waals surface area contributed by atoms with Gasteiger partial charge in [0.2, 0.25) is 0 Å². The predicted octanol–water partition coefficient (Wildman–Crippen LogP) is 5.19. The Labute approximate surface area is 192 Å². The molecular weight excluding hydrogens is 408 g/mol. The lowest BCUT2D eigenvalue weighted by Crippen LogP contribution is -2.40. The van der Waals surface area contributed by atoms with E-state index in [1.54, 1.807) is 0 Å². The van der Waals surface area contributed by atoms with E-state index in [1.165, 1.54) is 36.8 Å². The van der Waals surface area contributed by atoms with Crippen molar-refractivity contribution in [2.75, 3.05) is 6.54 Å². The third-order valence-electron chi connectivity index (χ3n) is 7.58. The minimum Gasteiger partial charge on any atom is -0.346 e. The third-order valence-corrected chi connectivity index (χ3v) is 7.58. The summed E-state index contributed by atoms with van der Waals surface area (Å²) in [6.07, 6.45) is 10.9. The van der Waals surface area contributed by atoms with Gasteiger partial charge >= 0.3 is 0 Å². The van der Waals surface area contributed by atoms with Crippen LogP contribution in [0.1, 0.15) is 37.3 Å². The number of hydrogen-bond donors (Lipinski definition) is 2. The average Bonchev–Trinajstić information content (AvgIpc) is 3.40. The summed E-state index contributed by atoms with van der Waals surface area (Å²) in [6, 6.07) is 17.3. The summed E-state index contributed by atoms with van der Waals surface area (Å²) in [7, 11) is 0. The Bertz CT molecular complexity index is 1430. The molecule has 33 heavy (non-hydrogen) atoms. The minimum atomic E-state index is 0.489. The van der Waals surface area contributed by atoms with Gasteiger partial charge < -0.3 is 10.3 Å². The van der Waals surface area contributed by atoms with Crippen LogP contribution in [-0.2, 0) is 0 Å². The Balaban J connectivity index is 1.35. The highest BCUT2D eigenvalue weighted by Crippen LogP contribution is 2.41. The van der Waals surface area contributed by atoms with Gasteiger partial charge in [0.15, 0.2) is 5.65 Å². The molecule has 6 nitrogen and oxygen atoms in total. The molecular formula is C27H26N6. The van der Waals surface area contributed by atoms with Gasteiger partial charge in [-0.2, -0.15) is 9.61 Å². The number of piperidine rings is 1. The quantitative estimate of drug-likeness (QED) is 0.410. The van der Waals surface area contributed by atoms with Gasteiger partial charge in [0.05, 0.1) is 17.6 Å². The van der Waals surface area contributed by atoms with Gasteiger partial charge in [-0.1, -0.05) is 42.8 Å². The monoisotopic (exact) mass is 434 g/mol. The maximum absolute atomic E-state index is 5.30. The topological polar surface area (TPSA) is 70.9 Å². The molecule has 2 N–H and O–H groups in total. The van der Waals surface area contributed by atoms with E-state index >= 15 is 0 Å². The molecule has 1 aliphatic carbocycles. The van der Waals surface area contributed by atoms with Crippen LogP contribution in [0.5, 0.6) is 0 Å². The largest absolute Gasteiger partial charge is 0.346 e. The highest BCUT2D eigenvalue weighted by molar-refractivity contribution is 5.86. The van der Waals surface area contributed by atoms with E-state index in [4.69, 9.17) is 15.1 Å². The lowest BCUT2D eigenvalue weighted by molar-refractivity contribution is 0.293. The Morgan fingerprint density at radius 1 is 0.939 bits per heavy atom. The highest BCUT2D eigenvalue weighted by Gasteiger charge is 2.36. The molecule has 0 radical (unpaired) electrons. The number of aromatic nitrogens is 5. The standard InChI is InChI=1S/C27H26N6/c1-2-5-17(6-3-1)24-10-9-19(15-30-24)23-16-31-33-26-21(11-12-28-26)25(32-27(23)33)22-13-20-8-4-7-18(22)14-29-20/h1-3,5-6,9-12,15-16,18,20,22,28-29H,4,7-8,13-14H2/t18?,20-,22-/m1/s1. The van der Waals surface area contributed by atoms with Crippen molar-refractivity contribution in [3.63, 3.8) is 0 Å². The Morgan fingerprint density at radius 3 is 2.76 bits per heavy atom. The molecule has 8 rings (SSSR count). The van der Waals surface area contributed by atoms with Crippen LogP contribution in [0, 0.1) is 5.92 Å². The van der Waals surface area contributed by atoms with Crippen LogP contribution in [0.25, 0.3) is 39.1 Å². The molecule has 1 aromatic carbocycles. The van der Waals surface area contributed by atoms with Gasteiger partial charge in [-0.3, -0.25) is 4.98 Å². The summed E-state index contributed by atoms with van der Waals surface area (Å²) < 4.78 is 1.95. The van der Waals surface area contributed by atoms with Crippen LogP contribution < -0.4 is 5.32 Å². The average molecular weight is 435 g/mol. The molecule has 2 saturated heterocycles. The van der Waals surface area contributed by atoms with E-state index in [0.29, 0.717) is 17.9 Å². The number of rotatable bonds is 3. The number of nitrogens with zero attached hydrogens (tertiary/aromatic N) is 4. The van der Waals surface area contributed by atoms with Crippen molar-refractivity contribution in [3.8, 4) is 22.4 Å². The molecule has 0 amide bonds. The second-order valence-corrected chi connectivity index (χ2v) is 9.47. The van der Waals surface area contributed by atoms with Crippen molar-refractivity contribution in [1.29, 1.82) is 0 Å². The van der Waals surface area contributed by atoms with Crippen molar-refractivity contribution in [2.24, 2.45) is 5.92 Å². The number of aromatic amines is 1. The van der Waals surface area contributed by atoms with Crippen LogP contribution in [0.2, 0.25) is 0 Å². The Kier molecular flexibility index (Phi) is 4.33. The molecule has 0 spiro atoms. The second kappa shape index (κ2) is 7.52. The lowest BCUT2D eigenvalue weighted by atomic mass is 9.81. The van der Waals surface area contributed by atoms with Crippen LogP contribution in [0.4, 0.5) is 0 Å². The summed E-state index contributed by atoms with van der Waals surface area (Å²) in [5.41, 5.74) is 7.32. The fourth-order valence-corrected chi connectivity index (χ4v) is 5.88. The van der Waals surface area contributed by atoms with E-state index in [0.717, 1.165) is 40.2 Å². The highest BCUT2D eigenvalue weighted by atomic mass is 15.3. The first-order chi connectivity index (χ1) is 16.3. The second-order valence-electron chi connectivity index (χ2n) is 9.47. The summed E-state index contributed by atoms with van der Waals surface area (Å²) in [5, 5.41) is 9.66. The van der Waals surface area contributed by atoms with Crippen molar-refractivity contribution >= 4 is 16.7 Å². The summed E-state index contributed by atoms with van der Waals surface area (Å²) >= 11 is 0. The third kappa shape index (κ3) is 3.09. The van der Waals surface area contributed by atoms with E-state index in [1.807, 2.05) is 41.3 Å². The van der Waals surface area contributed by atoms with Gasteiger partial charge in [-0.25, -0.2) is 4.98 Å². The number of H-pyrrole nitrogens is 1. The molecule has 164 valence electrons. The fraction of sp³-hybridized carbons (Fsp3) is 0.296. The zero-order valence-electron chi connectivity index (χ0n) is 18.4. The summed E-state index contributed by atoms with van der Waals surface area (Å²) in [5.74, 6) is 1.14. The zero-order valence-corrected chi connectivity index (χ0v) is 18.4. The number of pyridine rings is 1. The van der Waals surface area contributed by atoms with Gasteiger partial charge in [-0.15, -0.1) is 0 Å². The molecule has 3 fully saturated rings. The van der Waals surface area contributed by atoms with Crippen LogP contribution in [-0.4, -0.2) is 37.2 Å². The smallest absolute Gasteiger partial charge is 0.165 e. The molecule has 4 aromatic heterocycles. The van der Waals surface area contributed by atoms with Crippen molar-refractivity contribution in [2.45, 2.75) is 37.6 Å². The molecule has 3 atom stereocenters. The zero-order chi connectivity index (χ0) is 21.8. The van der Waals surface area contributed by atoms with Crippen LogP contribution in [0.3, 0.4) is 0 Å². The SMILES string of the molecule is c1ccc(-c2ccc(-c3cnn4c3nc([C@@H]3C[C@H]5CCCC3CN5)c3cc[nH]c34)cn2)cc1. The fourth-order valence-electron chi connectivity index (χ4n) is 5.88. The molecule has 1 saturated carbocycles. The van der Waals surface area contributed by atoms with Crippen LogP contribution in [0.15, 0.2) is 67.1 Å². The van der Waals surface area contributed by atoms with Gasteiger partial charge in [0.1, 0.15) is 5.65 Å². The summed E-state index contributed by atoms with van der Waals surface area (Å²) in [4.78, 5) is 13.5. The Hall–Kier alpha value is -3.51. The van der Waals surface area contributed by atoms with Crippen molar-refractivity contribution in [3.05, 3.63) is 72.8 Å². The number of hydrogen-bond acceptors (Lipinski definition) is 4. The van der Waals surface area contributed by atoms with E-state index in [9.17, 15) is 0 Å². The van der Waals surface area contributed by atoms with E-state index in [2.05, 4.69) is 40.6 Å². The molecule has 6 heterocycles. The first kappa shape index (κ1) is 19.0. The molecule has 1 unspecified atom stereocenters. The maximum Gasteiger partial charge on any atom is 0.165 e. The maximum atomic E-state index is 5.30. The number of benzene rings is 1. The number of fused-ring (bicyclic) bond motifs is 7. The first-order valence-corrected chi connectivity index (χ1v) is 11.9. The predicted molar refractivity (Wildman–Crippen MR) is 130 cm³/mol. The van der Waals surface area contributed by atoms with Gasteiger partial charge in [0.25, 0.3) is 0 Å². The molecule has 3 aliphatic rings. The van der Waals surface area contributed by atoms with Gasteiger partial charge in [-0.05, 0) is 43.9 Å². The van der Waals surface area contributed by atoms with Crippen molar-refractivity contribution < 1.29 is 0 Å². The molecule has 5 aromatic rings. The molecule has 2 bridgehead atoms. The van der Waals surface area contributed by atoms with Crippen LogP contribution >= 0.6 is 0 Å². The normalized spacial score (nSPS) is 22.7. The van der Waals surface area contributed by atoms with Gasteiger partial charge in [0, 0.05) is 46.4 Å².